The molecule has 14 rings (SSSR count). The number of hydrogen-bond acceptors (Lipinski definition) is 0. The van der Waals surface area contributed by atoms with Gasteiger partial charge in [0, 0.05) is 49.7 Å². The lowest BCUT2D eigenvalue weighted by molar-refractivity contribution is 0.660. The molecule has 0 N–H and O–H groups in total. The molecule has 0 spiro atoms. The highest BCUT2D eigenvalue weighted by Gasteiger charge is 2.35. The summed E-state index contributed by atoms with van der Waals surface area (Å²) >= 11 is 0. The lowest BCUT2D eigenvalue weighted by Gasteiger charge is -2.22. The Hall–Kier alpha value is -7.94. The molecule has 2 aliphatic carbocycles. The summed E-state index contributed by atoms with van der Waals surface area (Å²) in [5, 5.41) is 5.09. The number of benzene rings is 9. The summed E-state index contributed by atoms with van der Waals surface area (Å²) in [6.45, 7) is 4.72. The SMILES string of the molecule is CC1(C)c2ccccc2-c2ccc(-n3c4ccccc4c4cc(-c5ccc(-c6ccc7c(c6)c6cccc8c6n7-c6ccc(C7C=CC=CC7)cc6-c6ccccc6-8)cc5)ccc43)cc21. The average molecular weight is 829 g/mol. The number of hydrogen-bond donors (Lipinski definition) is 0. The van der Waals surface area contributed by atoms with Crippen LogP contribution in [0, 0.1) is 0 Å². The van der Waals surface area contributed by atoms with Crippen LogP contribution in [0.5, 0.6) is 0 Å². The van der Waals surface area contributed by atoms with Crippen molar-refractivity contribution in [2.45, 2.75) is 31.6 Å². The van der Waals surface area contributed by atoms with E-state index in [1.54, 1.807) is 0 Å². The quantitative estimate of drug-likeness (QED) is 0.167. The minimum absolute atomic E-state index is 0.0599. The van der Waals surface area contributed by atoms with Gasteiger partial charge in [0.15, 0.2) is 0 Å². The summed E-state index contributed by atoms with van der Waals surface area (Å²) < 4.78 is 4.98. The topological polar surface area (TPSA) is 9.86 Å². The third kappa shape index (κ3) is 5.23. The molecular formula is C63H44N2. The van der Waals surface area contributed by atoms with Crippen LogP contribution < -0.4 is 0 Å². The predicted molar refractivity (Wildman–Crippen MR) is 274 cm³/mol. The Morgan fingerprint density at radius 2 is 1.03 bits per heavy atom. The summed E-state index contributed by atoms with van der Waals surface area (Å²) in [5.41, 5.74) is 24.2. The van der Waals surface area contributed by atoms with Gasteiger partial charge in [0.1, 0.15) is 0 Å². The molecule has 3 aliphatic rings. The van der Waals surface area contributed by atoms with E-state index in [2.05, 4.69) is 235 Å². The second-order valence-corrected chi connectivity index (χ2v) is 18.8. The maximum Gasteiger partial charge on any atom is 0.0619 e. The average Bonchev–Trinajstić information content (AvgIpc) is 3.93. The van der Waals surface area contributed by atoms with Crippen LogP contribution in [0.3, 0.4) is 0 Å². The Balaban J connectivity index is 0.850. The van der Waals surface area contributed by atoms with Crippen molar-refractivity contribution in [3.63, 3.8) is 0 Å². The third-order valence-electron chi connectivity index (χ3n) is 15.0. The van der Waals surface area contributed by atoms with Crippen LogP contribution in [0.1, 0.15) is 42.9 Å². The molecule has 1 atom stereocenters. The van der Waals surface area contributed by atoms with Crippen molar-refractivity contribution in [1.29, 1.82) is 0 Å². The zero-order valence-corrected chi connectivity index (χ0v) is 36.4. The van der Waals surface area contributed by atoms with Crippen LogP contribution >= 0.6 is 0 Å². The van der Waals surface area contributed by atoms with Crippen LogP contribution in [0.25, 0.3) is 111 Å². The van der Waals surface area contributed by atoms with E-state index in [9.17, 15) is 0 Å². The van der Waals surface area contributed by atoms with Crippen molar-refractivity contribution in [1.82, 2.24) is 9.13 Å². The van der Waals surface area contributed by atoms with Gasteiger partial charge in [-0.25, -0.2) is 0 Å². The Morgan fingerprint density at radius 3 is 1.80 bits per heavy atom. The lowest BCUT2D eigenvalue weighted by Crippen LogP contribution is -2.15. The first-order valence-corrected chi connectivity index (χ1v) is 23.0. The Kier molecular flexibility index (Phi) is 7.61. The fourth-order valence-electron chi connectivity index (χ4n) is 11.8. The molecule has 306 valence electrons. The Bertz CT molecular complexity index is 3880. The van der Waals surface area contributed by atoms with Gasteiger partial charge in [0.05, 0.1) is 27.8 Å². The maximum atomic E-state index is 2.53. The van der Waals surface area contributed by atoms with E-state index in [1.807, 2.05) is 0 Å². The van der Waals surface area contributed by atoms with Crippen LogP contribution in [-0.4, -0.2) is 9.13 Å². The second kappa shape index (κ2) is 13.5. The molecule has 0 radical (unpaired) electrons. The van der Waals surface area contributed by atoms with Crippen molar-refractivity contribution in [3.05, 3.63) is 229 Å². The summed E-state index contributed by atoms with van der Waals surface area (Å²) in [4.78, 5) is 0. The molecule has 9 aromatic carbocycles. The second-order valence-electron chi connectivity index (χ2n) is 18.8. The number of nitrogens with zero attached hydrogens (tertiary/aromatic N) is 2. The molecule has 1 unspecified atom stereocenters. The number of allylic oxidation sites excluding steroid dienone is 4. The minimum Gasteiger partial charge on any atom is -0.309 e. The Labute approximate surface area is 378 Å². The van der Waals surface area contributed by atoms with Gasteiger partial charge in [0.25, 0.3) is 0 Å². The minimum atomic E-state index is -0.0599. The number of fused-ring (bicyclic) bond motifs is 14. The van der Waals surface area contributed by atoms with Gasteiger partial charge in [-0.15, -0.1) is 0 Å². The fraction of sp³-hybridized carbons (Fsp3) is 0.0794. The summed E-state index contributed by atoms with van der Waals surface area (Å²) in [5.74, 6) is 0.385. The normalized spacial score (nSPS) is 15.3. The zero-order chi connectivity index (χ0) is 43.0. The summed E-state index contributed by atoms with van der Waals surface area (Å²) in [7, 11) is 0. The molecule has 0 fully saturated rings. The summed E-state index contributed by atoms with van der Waals surface area (Å²) in [6, 6.07) is 71.0. The van der Waals surface area contributed by atoms with Crippen LogP contribution in [0.4, 0.5) is 0 Å². The molecule has 2 heteroatoms. The molecule has 3 heterocycles. The first-order valence-electron chi connectivity index (χ1n) is 23.0. The van der Waals surface area contributed by atoms with Gasteiger partial charge >= 0.3 is 0 Å². The highest BCUT2D eigenvalue weighted by atomic mass is 15.0. The monoisotopic (exact) mass is 828 g/mol. The highest BCUT2D eigenvalue weighted by molar-refractivity contribution is 6.17. The van der Waals surface area contributed by atoms with Crippen molar-refractivity contribution in [2.24, 2.45) is 0 Å². The molecule has 65 heavy (non-hydrogen) atoms. The number of aromatic nitrogens is 2. The van der Waals surface area contributed by atoms with Gasteiger partial charge in [-0.2, -0.15) is 0 Å². The van der Waals surface area contributed by atoms with E-state index >= 15 is 0 Å². The number of para-hydroxylation sites is 2. The molecule has 0 amide bonds. The molecule has 2 aromatic heterocycles. The van der Waals surface area contributed by atoms with Gasteiger partial charge in [0.2, 0.25) is 0 Å². The van der Waals surface area contributed by atoms with E-state index in [4.69, 9.17) is 0 Å². The fourth-order valence-corrected chi connectivity index (χ4v) is 11.8. The van der Waals surface area contributed by atoms with Gasteiger partial charge in [-0.3, -0.25) is 0 Å². The van der Waals surface area contributed by atoms with Crippen LogP contribution in [0.15, 0.2) is 212 Å². The lowest BCUT2D eigenvalue weighted by atomic mass is 9.82. The van der Waals surface area contributed by atoms with E-state index in [0.29, 0.717) is 5.92 Å². The van der Waals surface area contributed by atoms with Gasteiger partial charge in [-0.05, 0) is 122 Å². The summed E-state index contributed by atoms with van der Waals surface area (Å²) in [6.07, 6.45) is 10.00. The first kappa shape index (κ1) is 36.5. The van der Waals surface area contributed by atoms with Crippen molar-refractivity contribution in [2.75, 3.05) is 0 Å². The van der Waals surface area contributed by atoms with Crippen LogP contribution in [0.2, 0.25) is 0 Å². The smallest absolute Gasteiger partial charge is 0.0619 e. The number of rotatable bonds is 4. The maximum absolute atomic E-state index is 2.53. The predicted octanol–water partition coefficient (Wildman–Crippen LogP) is 16.8. The molecule has 1 aliphatic heterocycles. The largest absolute Gasteiger partial charge is 0.309 e. The van der Waals surface area contributed by atoms with E-state index in [-0.39, 0.29) is 5.41 Å². The standard InChI is InChI=1S/C63H44N2/c1-63(2)56-21-10-8-17-48(56)49-31-30-45(38-57(49)63)64-58-22-11-9-18-50(58)54-36-43(27-32-59(54)64)40-23-25-41(26-24-40)44-29-34-61-55(37-44)52-20-12-19-51-46-15-6-7-16-47(46)53-35-42(39-13-4-3-5-14-39)28-33-60(53)65(61)62(51)52/h3-13,15-39H,14H2,1-2H3. The molecule has 0 saturated heterocycles. The molecule has 11 aromatic rings. The molecule has 0 bridgehead atoms. The van der Waals surface area contributed by atoms with Crippen LogP contribution in [-0.2, 0) is 5.41 Å². The van der Waals surface area contributed by atoms with E-state index < -0.39 is 0 Å². The highest BCUT2D eigenvalue weighted by Crippen LogP contribution is 2.51. The van der Waals surface area contributed by atoms with Crippen molar-refractivity contribution >= 4 is 43.6 Å². The first-order chi connectivity index (χ1) is 32.0. The van der Waals surface area contributed by atoms with Gasteiger partial charge in [-0.1, -0.05) is 172 Å². The molecular weight excluding hydrogens is 785 g/mol. The third-order valence-corrected chi connectivity index (χ3v) is 15.0. The van der Waals surface area contributed by atoms with Gasteiger partial charge < -0.3 is 9.13 Å². The van der Waals surface area contributed by atoms with Crippen molar-refractivity contribution < 1.29 is 0 Å². The zero-order valence-electron chi connectivity index (χ0n) is 36.4. The molecule has 0 saturated carbocycles. The Morgan fingerprint density at radius 1 is 0.415 bits per heavy atom. The van der Waals surface area contributed by atoms with Crippen molar-refractivity contribution in [3.8, 4) is 67.0 Å². The van der Waals surface area contributed by atoms with E-state index in [1.165, 1.54) is 127 Å². The molecule has 2 nitrogen and oxygen atoms in total. The van der Waals surface area contributed by atoms with E-state index in [0.717, 1.165) is 6.42 Å².